The van der Waals surface area contributed by atoms with E-state index in [0.29, 0.717) is 0 Å². The van der Waals surface area contributed by atoms with Crippen LogP contribution in [0.25, 0.3) is 33.8 Å². The van der Waals surface area contributed by atoms with E-state index in [4.69, 9.17) is 4.98 Å². The summed E-state index contributed by atoms with van der Waals surface area (Å²) >= 11 is 0. The van der Waals surface area contributed by atoms with E-state index in [9.17, 15) is 5.11 Å². The summed E-state index contributed by atoms with van der Waals surface area (Å²) in [5.41, 5.74) is 7.52. The average Bonchev–Trinajstić information content (AvgIpc) is 3.19. The molecule has 0 unspecified atom stereocenters. The largest absolute Gasteiger partial charge is 0.392 e. The van der Waals surface area contributed by atoms with Crippen LogP contribution in [0.15, 0.2) is 79.0 Å². The number of aliphatic hydroxyl groups excluding tert-OH is 1. The normalized spacial score (nSPS) is 10.8. The minimum Gasteiger partial charge on any atom is -0.392 e. The second-order valence-corrected chi connectivity index (χ2v) is 6.34. The molecule has 0 spiro atoms. The van der Waals surface area contributed by atoms with E-state index in [1.165, 1.54) is 16.7 Å². The molecule has 0 amide bonds. The molecule has 3 nitrogen and oxygen atoms in total. The van der Waals surface area contributed by atoms with Gasteiger partial charge in [-0.25, -0.2) is 4.98 Å². The fourth-order valence-corrected chi connectivity index (χ4v) is 3.27. The lowest BCUT2D eigenvalue weighted by Gasteiger charge is -2.10. The Labute approximate surface area is 153 Å². The highest BCUT2D eigenvalue weighted by molar-refractivity contribution is 5.77. The van der Waals surface area contributed by atoms with Crippen LogP contribution in [0.2, 0.25) is 0 Å². The molecule has 0 fully saturated rings. The zero-order valence-electron chi connectivity index (χ0n) is 14.6. The second-order valence-electron chi connectivity index (χ2n) is 6.34. The molecule has 1 heterocycles. The van der Waals surface area contributed by atoms with Gasteiger partial charge in [0.05, 0.1) is 12.3 Å². The van der Waals surface area contributed by atoms with Crippen LogP contribution in [-0.4, -0.2) is 15.1 Å². The molecular formula is C23H20N2O. The molecule has 0 atom stereocenters. The van der Waals surface area contributed by atoms with Gasteiger partial charge in [-0.15, -0.1) is 0 Å². The van der Waals surface area contributed by atoms with E-state index >= 15 is 0 Å². The number of nitrogens with one attached hydrogen (secondary N) is 1. The molecule has 0 bridgehead atoms. The highest BCUT2D eigenvalue weighted by atomic mass is 16.3. The maximum Gasteiger partial charge on any atom is 0.138 e. The molecule has 0 aliphatic carbocycles. The molecule has 2 N–H and O–H groups in total. The predicted octanol–water partition coefficient (Wildman–Crippen LogP) is 5.21. The Morgan fingerprint density at radius 3 is 2.38 bits per heavy atom. The van der Waals surface area contributed by atoms with Crippen LogP contribution in [0.3, 0.4) is 0 Å². The monoisotopic (exact) mass is 340 g/mol. The number of imidazole rings is 1. The summed E-state index contributed by atoms with van der Waals surface area (Å²) in [5, 5.41) is 9.34. The molecule has 4 aromatic rings. The van der Waals surface area contributed by atoms with Crippen molar-refractivity contribution in [3.05, 3.63) is 90.1 Å². The number of nitrogens with zero attached hydrogens (tertiary/aromatic N) is 1. The molecule has 128 valence electrons. The standard InChI is InChI=1S/C23H20N2O/c1-16-20(18-8-3-2-4-9-18)11-6-12-21(16)22-14-24-23(25-22)19-10-5-7-17(13-19)15-26/h2-14,26H,15H2,1H3,(H,24,25). The molecule has 4 rings (SSSR count). The molecule has 0 aliphatic heterocycles. The molecule has 26 heavy (non-hydrogen) atoms. The van der Waals surface area contributed by atoms with Crippen LogP contribution in [-0.2, 0) is 6.61 Å². The molecule has 0 saturated carbocycles. The van der Waals surface area contributed by atoms with E-state index < -0.39 is 0 Å². The predicted molar refractivity (Wildman–Crippen MR) is 106 cm³/mol. The fourth-order valence-electron chi connectivity index (χ4n) is 3.27. The fraction of sp³-hybridized carbons (Fsp3) is 0.0870. The van der Waals surface area contributed by atoms with Crippen LogP contribution < -0.4 is 0 Å². The van der Waals surface area contributed by atoms with Crippen LogP contribution in [0.1, 0.15) is 11.1 Å². The van der Waals surface area contributed by atoms with Gasteiger partial charge in [-0.2, -0.15) is 0 Å². The summed E-state index contributed by atoms with van der Waals surface area (Å²) in [6.07, 6.45) is 1.94. The Hall–Kier alpha value is -3.17. The zero-order valence-corrected chi connectivity index (χ0v) is 14.6. The third kappa shape index (κ3) is 3.05. The molecular weight excluding hydrogens is 320 g/mol. The van der Waals surface area contributed by atoms with Gasteiger partial charge in [0, 0.05) is 17.3 Å². The third-order valence-electron chi connectivity index (χ3n) is 4.66. The third-order valence-corrected chi connectivity index (χ3v) is 4.66. The van der Waals surface area contributed by atoms with Gasteiger partial charge in [0.1, 0.15) is 5.82 Å². The van der Waals surface area contributed by atoms with E-state index in [2.05, 4.69) is 54.4 Å². The van der Waals surface area contributed by atoms with Gasteiger partial charge in [0.25, 0.3) is 0 Å². The van der Waals surface area contributed by atoms with Crippen molar-refractivity contribution in [2.75, 3.05) is 0 Å². The van der Waals surface area contributed by atoms with Crippen molar-refractivity contribution in [2.24, 2.45) is 0 Å². The van der Waals surface area contributed by atoms with Crippen molar-refractivity contribution >= 4 is 0 Å². The average molecular weight is 340 g/mol. The quantitative estimate of drug-likeness (QED) is 0.536. The first-order chi connectivity index (χ1) is 12.8. The summed E-state index contributed by atoms with van der Waals surface area (Å²) < 4.78 is 0. The number of hydrogen-bond donors (Lipinski definition) is 2. The van der Waals surface area contributed by atoms with Crippen LogP contribution in [0.4, 0.5) is 0 Å². The van der Waals surface area contributed by atoms with Crippen molar-refractivity contribution in [3.8, 4) is 33.8 Å². The summed E-state index contributed by atoms with van der Waals surface area (Å²) in [6.45, 7) is 2.16. The SMILES string of the molecule is Cc1c(-c2ccccc2)cccc1-c1c[nH]c(-c2cccc(CO)c2)n1. The minimum absolute atomic E-state index is 0.0274. The van der Waals surface area contributed by atoms with Gasteiger partial charge in [-0.1, -0.05) is 66.7 Å². The molecule has 1 aromatic heterocycles. The van der Waals surface area contributed by atoms with Gasteiger partial charge >= 0.3 is 0 Å². The Balaban J connectivity index is 1.74. The first-order valence-electron chi connectivity index (χ1n) is 8.67. The summed E-state index contributed by atoms with van der Waals surface area (Å²) in [7, 11) is 0. The van der Waals surface area contributed by atoms with Gasteiger partial charge in [0.2, 0.25) is 0 Å². The number of aromatic nitrogens is 2. The van der Waals surface area contributed by atoms with E-state index in [1.807, 2.05) is 36.5 Å². The lowest BCUT2D eigenvalue weighted by Crippen LogP contribution is -1.89. The van der Waals surface area contributed by atoms with Gasteiger partial charge < -0.3 is 10.1 Å². The van der Waals surface area contributed by atoms with Crippen LogP contribution in [0, 0.1) is 6.92 Å². The highest BCUT2D eigenvalue weighted by Crippen LogP contribution is 2.31. The number of hydrogen-bond acceptors (Lipinski definition) is 2. The van der Waals surface area contributed by atoms with Crippen molar-refractivity contribution in [3.63, 3.8) is 0 Å². The summed E-state index contributed by atoms with van der Waals surface area (Å²) in [4.78, 5) is 8.05. The van der Waals surface area contributed by atoms with Crippen LogP contribution >= 0.6 is 0 Å². The van der Waals surface area contributed by atoms with Gasteiger partial charge in [-0.05, 0) is 35.2 Å². The van der Waals surface area contributed by atoms with Crippen LogP contribution in [0.5, 0.6) is 0 Å². The second kappa shape index (κ2) is 6.98. The first-order valence-corrected chi connectivity index (χ1v) is 8.67. The molecule has 3 aromatic carbocycles. The molecule has 0 aliphatic rings. The zero-order chi connectivity index (χ0) is 17.9. The maximum absolute atomic E-state index is 9.34. The topological polar surface area (TPSA) is 48.9 Å². The van der Waals surface area contributed by atoms with Crippen molar-refractivity contribution < 1.29 is 5.11 Å². The molecule has 0 radical (unpaired) electrons. The minimum atomic E-state index is 0.0274. The van der Waals surface area contributed by atoms with Crippen molar-refractivity contribution in [2.45, 2.75) is 13.5 Å². The Bertz CT molecular complexity index is 1040. The Morgan fingerprint density at radius 2 is 1.58 bits per heavy atom. The Morgan fingerprint density at radius 1 is 0.846 bits per heavy atom. The van der Waals surface area contributed by atoms with Gasteiger partial charge in [-0.3, -0.25) is 0 Å². The number of H-pyrrole nitrogens is 1. The van der Waals surface area contributed by atoms with E-state index in [1.54, 1.807) is 0 Å². The number of aliphatic hydroxyl groups is 1. The highest BCUT2D eigenvalue weighted by Gasteiger charge is 2.11. The first kappa shape index (κ1) is 16.3. The Kier molecular flexibility index (Phi) is 4.38. The maximum atomic E-state index is 9.34. The summed E-state index contributed by atoms with van der Waals surface area (Å²) in [6, 6.07) is 24.5. The molecule has 3 heteroatoms. The molecule has 0 saturated heterocycles. The van der Waals surface area contributed by atoms with Crippen molar-refractivity contribution in [1.82, 2.24) is 9.97 Å². The number of rotatable bonds is 4. The van der Waals surface area contributed by atoms with E-state index in [0.717, 1.165) is 28.2 Å². The number of aromatic amines is 1. The van der Waals surface area contributed by atoms with Gasteiger partial charge in [0.15, 0.2) is 0 Å². The van der Waals surface area contributed by atoms with Crippen molar-refractivity contribution in [1.29, 1.82) is 0 Å². The lowest BCUT2D eigenvalue weighted by atomic mass is 9.95. The van der Waals surface area contributed by atoms with E-state index in [-0.39, 0.29) is 6.61 Å². The lowest BCUT2D eigenvalue weighted by molar-refractivity contribution is 0.282. The summed E-state index contributed by atoms with van der Waals surface area (Å²) in [5.74, 6) is 0.805. The number of benzene rings is 3. The smallest absolute Gasteiger partial charge is 0.138 e.